The van der Waals surface area contributed by atoms with Gasteiger partial charge in [-0.1, -0.05) is 0 Å². The van der Waals surface area contributed by atoms with Gasteiger partial charge in [0.05, 0.1) is 24.6 Å². The fraction of sp³-hybridized carbons (Fsp3) is 0.389. The minimum Gasteiger partial charge on any atom is -0.462 e. The molecule has 0 unspecified atom stereocenters. The first-order chi connectivity index (χ1) is 12.6. The van der Waals surface area contributed by atoms with E-state index in [1.165, 1.54) is 10.9 Å². The topological polar surface area (TPSA) is 108 Å². The molecule has 1 aliphatic rings. The Kier molecular flexibility index (Phi) is 5.52. The number of aromatic nitrogens is 2. The van der Waals surface area contributed by atoms with Crippen LogP contribution in [0.25, 0.3) is 5.69 Å². The summed E-state index contributed by atoms with van der Waals surface area (Å²) in [6.45, 7) is 3.25. The van der Waals surface area contributed by atoms with E-state index in [0.29, 0.717) is 17.8 Å². The predicted molar refractivity (Wildman–Crippen MR) is 95.2 cm³/mol. The molecule has 8 heteroatoms. The largest absolute Gasteiger partial charge is 0.462 e. The van der Waals surface area contributed by atoms with Gasteiger partial charge < -0.3 is 20.5 Å². The van der Waals surface area contributed by atoms with Gasteiger partial charge >= 0.3 is 5.97 Å². The number of anilines is 1. The minimum atomic E-state index is -0.513. The zero-order valence-corrected chi connectivity index (χ0v) is 14.6. The highest BCUT2D eigenvalue weighted by atomic mass is 16.5. The molecule has 0 spiro atoms. The lowest BCUT2D eigenvalue weighted by Gasteiger charge is -2.11. The summed E-state index contributed by atoms with van der Waals surface area (Å²) in [4.78, 5) is 24.0. The molecule has 1 atom stereocenters. The predicted octanol–water partition coefficient (Wildman–Crippen LogP) is 1.54. The van der Waals surface area contributed by atoms with Gasteiger partial charge in [-0.2, -0.15) is 5.10 Å². The van der Waals surface area contributed by atoms with Crippen molar-refractivity contribution in [1.82, 2.24) is 15.1 Å². The number of nitrogen functional groups attached to an aromatic ring is 1. The third-order valence-electron chi connectivity index (χ3n) is 4.19. The first kappa shape index (κ1) is 17.9. The Morgan fingerprint density at radius 1 is 1.38 bits per heavy atom. The Morgan fingerprint density at radius 2 is 2.15 bits per heavy atom. The number of hydrogen-bond acceptors (Lipinski definition) is 6. The summed E-state index contributed by atoms with van der Waals surface area (Å²) < 4.78 is 11.9. The molecule has 26 heavy (non-hydrogen) atoms. The molecule has 1 amide bonds. The molecule has 1 saturated heterocycles. The number of rotatable bonds is 6. The van der Waals surface area contributed by atoms with Crippen molar-refractivity contribution < 1.29 is 19.1 Å². The molecule has 1 aliphatic heterocycles. The number of ether oxygens (including phenoxy) is 2. The van der Waals surface area contributed by atoms with E-state index in [4.69, 9.17) is 15.2 Å². The molecule has 1 aromatic carbocycles. The number of carbonyl (C=O) groups is 2. The molecule has 0 saturated carbocycles. The van der Waals surface area contributed by atoms with E-state index < -0.39 is 5.97 Å². The summed E-state index contributed by atoms with van der Waals surface area (Å²) in [5.74, 6) is -0.479. The van der Waals surface area contributed by atoms with Gasteiger partial charge in [0, 0.05) is 18.7 Å². The standard InChI is InChI=1S/C18H22N4O4/c1-2-25-18(24)15-11-21-22(16(15)19)13-7-5-12(6-8-13)17(23)20-10-14-4-3-9-26-14/h5-8,11,14H,2-4,9-10,19H2,1H3,(H,20,23)/t14-/m1/s1. The zero-order chi connectivity index (χ0) is 18.5. The summed E-state index contributed by atoms with van der Waals surface area (Å²) in [7, 11) is 0. The molecule has 0 aliphatic carbocycles. The van der Waals surface area contributed by atoms with E-state index >= 15 is 0 Å². The van der Waals surface area contributed by atoms with Crippen molar-refractivity contribution in [1.29, 1.82) is 0 Å². The quantitative estimate of drug-likeness (QED) is 0.758. The SMILES string of the molecule is CCOC(=O)c1cnn(-c2ccc(C(=O)NC[C@H]3CCCO3)cc2)c1N. The molecule has 0 radical (unpaired) electrons. The van der Waals surface area contributed by atoms with Gasteiger partial charge in [-0.3, -0.25) is 4.79 Å². The number of carbonyl (C=O) groups excluding carboxylic acids is 2. The van der Waals surface area contributed by atoms with Crippen molar-refractivity contribution in [3.05, 3.63) is 41.6 Å². The summed E-state index contributed by atoms with van der Waals surface area (Å²) in [6.07, 6.45) is 3.48. The van der Waals surface area contributed by atoms with Crippen LogP contribution < -0.4 is 11.1 Å². The fourth-order valence-electron chi connectivity index (χ4n) is 2.80. The van der Waals surface area contributed by atoms with Crippen molar-refractivity contribution in [2.24, 2.45) is 0 Å². The molecule has 138 valence electrons. The molecule has 1 fully saturated rings. The Bertz CT molecular complexity index is 779. The van der Waals surface area contributed by atoms with Crippen molar-refractivity contribution in [2.75, 3.05) is 25.5 Å². The van der Waals surface area contributed by atoms with Crippen LogP contribution in [0.2, 0.25) is 0 Å². The lowest BCUT2D eigenvalue weighted by atomic mass is 10.2. The number of benzene rings is 1. The zero-order valence-electron chi connectivity index (χ0n) is 14.6. The van der Waals surface area contributed by atoms with Crippen LogP contribution in [-0.4, -0.2) is 47.5 Å². The molecule has 2 aromatic rings. The lowest BCUT2D eigenvalue weighted by molar-refractivity contribution is 0.0527. The second-order valence-corrected chi connectivity index (χ2v) is 5.97. The summed E-state index contributed by atoms with van der Waals surface area (Å²) >= 11 is 0. The van der Waals surface area contributed by atoms with Crippen LogP contribution >= 0.6 is 0 Å². The van der Waals surface area contributed by atoms with Gasteiger partial charge in [0.25, 0.3) is 5.91 Å². The Hall–Kier alpha value is -2.87. The van der Waals surface area contributed by atoms with Crippen molar-refractivity contribution >= 4 is 17.7 Å². The van der Waals surface area contributed by atoms with Crippen LogP contribution in [0.4, 0.5) is 5.82 Å². The summed E-state index contributed by atoms with van der Waals surface area (Å²) in [6, 6.07) is 6.81. The van der Waals surface area contributed by atoms with E-state index in [0.717, 1.165) is 19.4 Å². The Labute approximate surface area is 151 Å². The average Bonchev–Trinajstić information content (AvgIpc) is 3.29. The first-order valence-electron chi connectivity index (χ1n) is 8.61. The second kappa shape index (κ2) is 8.01. The monoisotopic (exact) mass is 358 g/mol. The Balaban J connectivity index is 1.67. The number of nitrogens with one attached hydrogen (secondary N) is 1. The molecular formula is C18H22N4O4. The number of amides is 1. The highest BCUT2D eigenvalue weighted by Gasteiger charge is 2.18. The smallest absolute Gasteiger partial charge is 0.343 e. The van der Waals surface area contributed by atoms with E-state index in [2.05, 4.69) is 10.4 Å². The molecule has 3 rings (SSSR count). The highest BCUT2D eigenvalue weighted by molar-refractivity contribution is 5.95. The van der Waals surface area contributed by atoms with Gasteiger partial charge in [0.2, 0.25) is 0 Å². The maximum Gasteiger partial charge on any atom is 0.343 e. The van der Waals surface area contributed by atoms with Crippen LogP contribution in [0, 0.1) is 0 Å². The second-order valence-electron chi connectivity index (χ2n) is 5.97. The molecule has 8 nitrogen and oxygen atoms in total. The number of nitrogens with zero attached hydrogens (tertiary/aromatic N) is 2. The van der Waals surface area contributed by atoms with E-state index in [1.54, 1.807) is 31.2 Å². The third kappa shape index (κ3) is 3.85. The fourth-order valence-corrected chi connectivity index (χ4v) is 2.80. The van der Waals surface area contributed by atoms with E-state index in [9.17, 15) is 9.59 Å². The van der Waals surface area contributed by atoms with Gasteiger partial charge in [-0.25, -0.2) is 9.48 Å². The molecule has 2 heterocycles. The minimum absolute atomic E-state index is 0.100. The maximum atomic E-state index is 12.2. The van der Waals surface area contributed by atoms with Crippen molar-refractivity contribution in [3.63, 3.8) is 0 Å². The van der Waals surface area contributed by atoms with Crippen LogP contribution in [0.1, 0.15) is 40.5 Å². The first-order valence-corrected chi connectivity index (χ1v) is 8.61. The average molecular weight is 358 g/mol. The number of hydrogen-bond donors (Lipinski definition) is 2. The van der Waals surface area contributed by atoms with E-state index in [-0.39, 0.29) is 30.0 Å². The van der Waals surface area contributed by atoms with Gasteiger partial charge in [-0.15, -0.1) is 0 Å². The molecule has 1 aromatic heterocycles. The van der Waals surface area contributed by atoms with Gasteiger partial charge in [0.15, 0.2) is 0 Å². The van der Waals surface area contributed by atoms with Crippen molar-refractivity contribution in [2.45, 2.75) is 25.9 Å². The van der Waals surface area contributed by atoms with Gasteiger partial charge in [0.1, 0.15) is 11.4 Å². The maximum absolute atomic E-state index is 12.2. The van der Waals surface area contributed by atoms with Crippen molar-refractivity contribution in [3.8, 4) is 5.69 Å². The normalized spacial score (nSPS) is 16.4. The number of esters is 1. The van der Waals surface area contributed by atoms with Crippen LogP contribution in [0.5, 0.6) is 0 Å². The van der Waals surface area contributed by atoms with E-state index in [1.807, 2.05) is 0 Å². The number of nitrogens with two attached hydrogens (primary N) is 1. The molecular weight excluding hydrogens is 336 g/mol. The Morgan fingerprint density at radius 3 is 2.81 bits per heavy atom. The van der Waals surface area contributed by atoms with Crippen LogP contribution in [-0.2, 0) is 9.47 Å². The third-order valence-corrected chi connectivity index (χ3v) is 4.19. The lowest BCUT2D eigenvalue weighted by Crippen LogP contribution is -2.31. The molecule has 0 bridgehead atoms. The van der Waals surface area contributed by atoms with Crippen LogP contribution in [0.15, 0.2) is 30.5 Å². The highest BCUT2D eigenvalue weighted by Crippen LogP contribution is 2.18. The summed E-state index contributed by atoms with van der Waals surface area (Å²) in [5.41, 5.74) is 7.38. The van der Waals surface area contributed by atoms with Gasteiger partial charge in [-0.05, 0) is 44.0 Å². The summed E-state index contributed by atoms with van der Waals surface area (Å²) in [5, 5.41) is 7.00. The van der Waals surface area contributed by atoms with Crippen LogP contribution in [0.3, 0.4) is 0 Å². The molecule has 3 N–H and O–H groups in total.